The van der Waals surface area contributed by atoms with Gasteiger partial charge in [-0.1, -0.05) is 66.7 Å². The minimum Gasteiger partial charge on any atom is -0.448 e. The van der Waals surface area contributed by atoms with Crippen molar-refractivity contribution in [3.05, 3.63) is 124 Å². The number of alkyl carbamates (subject to hydrolysis) is 1. The molecule has 2 aliphatic rings. The van der Waals surface area contributed by atoms with E-state index in [2.05, 4.69) is 15.3 Å². The Bertz CT molecular complexity index is 1680. The highest BCUT2D eigenvalue weighted by Crippen LogP contribution is 2.45. The van der Waals surface area contributed by atoms with Crippen molar-refractivity contribution in [2.75, 3.05) is 5.75 Å². The number of benzene rings is 2. The topological polar surface area (TPSA) is 111 Å². The predicted octanol–water partition coefficient (Wildman–Crippen LogP) is 5.98. The van der Waals surface area contributed by atoms with Crippen molar-refractivity contribution in [1.29, 1.82) is 0 Å². The first-order valence-corrected chi connectivity index (χ1v) is 16.4. The van der Waals surface area contributed by atoms with E-state index in [-0.39, 0.29) is 5.70 Å². The standard InChI is InChI=1S/C34H32N4O5S2/c1-34(2,3)43-33(41)37-27-30(39)38-28(32(40)42-29(22-12-6-4-7-13-22)23-14-8-5-9-15-23)24(20-44-31(27)38)25-19-36-26(45-25)17-21-11-10-16-35-18-21/h4-16,18-19,27,29,31H,17,20H2,1-3H3,(H,37,41). The summed E-state index contributed by atoms with van der Waals surface area (Å²) in [7, 11) is 0. The molecular weight excluding hydrogens is 609 g/mol. The van der Waals surface area contributed by atoms with Crippen molar-refractivity contribution >= 4 is 46.6 Å². The Morgan fingerprint density at radius 2 is 1.69 bits per heavy atom. The number of carbonyl (C=O) groups is 3. The van der Waals surface area contributed by atoms with Crippen LogP contribution >= 0.6 is 23.1 Å². The fourth-order valence-electron chi connectivity index (χ4n) is 5.19. The molecule has 1 saturated heterocycles. The van der Waals surface area contributed by atoms with Gasteiger partial charge in [0.1, 0.15) is 22.7 Å². The highest BCUT2D eigenvalue weighted by atomic mass is 32.2. The van der Waals surface area contributed by atoms with E-state index in [0.717, 1.165) is 26.6 Å². The van der Waals surface area contributed by atoms with Crippen LogP contribution in [-0.4, -0.2) is 55.6 Å². The number of nitrogens with one attached hydrogen (secondary N) is 1. The molecule has 4 heterocycles. The van der Waals surface area contributed by atoms with Gasteiger partial charge in [-0.25, -0.2) is 14.6 Å². The van der Waals surface area contributed by atoms with Crippen LogP contribution < -0.4 is 5.32 Å². The summed E-state index contributed by atoms with van der Waals surface area (Å²) >= 11 is 2.94. The molecule has 2 unspecified atom stereocenters. The summed E-state index contributed by atoms with van der Waals surface area (Å²) in [5.41, 5.74) is 2.74. The number of pyridine rings is 1. The number of nitrogens with zero attached hydrogens (tertiary/aromatic N) is 3. The van der Waals surface area contributed by atoms with Crippen molar-refractivity contribution in [2.45, 2.75) is 50.3 Å². The molecule has 45 heavy (non-hydrogen) atoms. The van der Waals surface area contributed by atoms with Crippen LogP contribution in [0.2, 0.25) is 0 Å². The molecule has 9 nitrogen and oxygen atoms in total. The molecule has 2 aliphatic heterocycles. The molecule has 0 radical (unpaired) electrons. The number of carbonyl (C=O) groups excluding carboxylic acids is 3. The molecule has 4 aromatic rings. The monoisotopic (exact) mass is 640 g/mol. The van der Waals surface area contributed by atoms with Crippen LogP contribution in [0.4, 0.5) is 4.79 Å². The maximum Gasteiger partial charge on any atom is 0.408 e. The zero-order valence-electron chi connectivity index (χ0n) is 25.0. The molecule has 2 atom stereocenters. The largest absolute Gasteiger partial charge is 0.448 e. The summed E-state index contributed by atoms with van der Waals surface area (Å²) in [5, 5.41) is 3.06. The van der Waals surface area contributed by atoms with Gasteiger partial charge in [-0.2, -0.15) is 0 Å². The van der Waals surface area contributed by atoms with E-state index in [9.17, 15) is 14.4 Å². The molecule has 2 aromatic carbocycles. The zero-order valence-corrected chi connectivity index (χ0v) is 26.6. The van der Waals surface area contributed by atoms with E-state index in [1.807, 2.05) is 72.8 Å². The average molecular weight is 641 g/mol. The lowest BCUT2D eigenvalue weighted by Gasteiger charge is -2.49. The molecule has 1 N–H and O–H groups in total. The molecule has 0 bridgehead atoms. The third-order valence-corrected chi connectivity index (χ3v) is 9.53. The minimum atomic E-state index is -0.837. The molecule has 0 aliphatic carbocycles. The molecule has 2 amide bonds. The Balaban J connectivity index is 1.34. The number of thioether (sulfide) groups is 1. The third-order valence-electron chi connectivity index (χ3n) is 7.19. The number of hydrogen-bond acceptors (Lipinski definition) is 9. The third kappa shape index (κ3) is 6.79. The lowest BCUT2D eigenvalue weighted by atomic mass is 10.0. The summed E-state index contributed by atoms with van der Waals surface area (Å²) in [4.78, 5) is 51.5. The Hall–Kier alpha value is -4.48. The number of hydrogen-bond donors (Lipinski definition) is 1. The second-order valence-electron chi connectivity index (χ2n) is 11.6. The molecule has 0 saturated carbocycles. The quantitative estimate of drug-likeness (QED) is 0.185. The van der Waals surface area contributed by atoms with Crippen LogP contribution in [0, 0.1) is 0 Å². The molecule has 6 rings (SSSR count). The molecule has 230 valence electrons. The summed E-state index contributed by atoms with van der Waals surface area (Å²) in [6.45, 7) is 5.27. The van der Waals surface area contributed by atoms with Gasteiger partial charge >= 0.3 is 12.1 Å². The van der Waals surface area contributed by atoms with Crippen molar-refractivity contribution in [2.24, 2.45) is 0 Å². The Kier molecular flexibility index (Phi) is 8.73. The van der Waals surface area contributed by atoms with Crippen molar-refractivity contribution in [1.82, 2.24) is 20.2 Å². The number of aromatic nitrogens is 2. The van der Waals surface area contributed by atoms with E-state index in [4.69, 9.17) is 9.47 Å². The number of fused-ring (bicyclic) bond motifs is 1. The fourth-order valence-corrected chi connectivity index (χ4v) is 7.64. The van der Waals surface area contributed by atoms with Crippen molar-refractivity contribution in [3.63, 3.8) is 0 Å². The van der Waals surface area contributed by atoms with Crippen molar-refractivity contribution < 1.29 is 23.9 Å². The van der Waals surface area contributed by atoms with Crippen LogP contribution in [0.5, 0.6) is 0 Å². The maximum atomic E-state index is 14.3. The average Bonchev–Trinajstić information content (AvgIpc) is 3.50. The molecular formula is C34H32N4O5S2. The Morgan fingerprint density at radius 3 is 2.31 bits per heavy atom. The van der Waals surface area contributed by atoms with Gasteiger partial charge in [-0.3, -0.25) is 14.7 Å². The van der Waals surface area contributed by atoms with E-state index in [1.165, 1.54) is 28.0 Å². The predicted molar refractivity (Wildman–Crippen MR) is 173 cm³/mol. The Morgan fingerprint density at radius 1 is 1.00 bits per heavy atom. The van der Waals surface area contributed by atoms with Crippen LogP contribution in [0.1, 0.15) is 53.5 Å². The zero-order chi connectivity index (χ0) is 31.6. The van der Waals surface area contributed by atoms with E-state index >= 15 is 0 Å². The molecule has 11 heteroatoms. The summed E-state index contributed by atoms with van der Waals surface area (Å²) in [6, 6.07) is 22.0. The van der Waals surface area contributed by atoms with Gasteiger partial charge in [-0.05, 0) is 43.5 Å². The molecule has 1 fully saturated rings. The number of β-lactam (4-membered cyclic amide) rings is 1. The van der Waals surface area contributed by atoms with E-state index < -0.39 is 41.1 Å². The van der Waals surface area contributed by atoms with Crippen LogP contribution in [-0.2, 0) is 25.5 Å². The van der Waals surface area contributed by atoms with E-state index in [1.54, 1.807) is 39.4 Å². The van der Waals surface area contributed by atoms with E-state index in [0.29, 0.717) is 17.7 Å². The van der Waals surface area contributed by atoms with Gasteiger partial charge in [0.25, 0.3) is 5.91 Å². The molecule has 0 spiro atoms. The highest BCUT2D eigenvalue weighted by molar-refractivity contribution is 8.00. The van der Waals surface area contributed by atoms with Gasteiger partial charge in [0.15, 0.2) is 6.10 Å². The molecule has 2 aromatic heterocycles. The summed E-state index contributed by atoms with van der Waals surface area (Å²) in [6.07, 6.45) is 4.48. The summed E-state index contributed by atoms with van der Waals surface area (Å²) < 4.78 is 11.7. The Labute approximate surface area is 269 Å². The van der Waals surface area contributed by atoms with Crippen LogP contribution in [0.15, 0.2) is 97.1 Å². The number of thiazole rings is 1. The minimum absolute atomic E-state index is 0.166. The van der Waals surface area contributed by atoms with Gasteiger partial charge in [-0.15, -0.1) is 23.1 Å². The van der Waals surface area contributed by atoms with Crippen LogP contribution in [0.3, 0.4) is 0 Å². The first-order chi connectivity index (χ1) is 21.7. The smallest absolute Gasteiger partial charge is 0.408 e. The van der Waals surface area contributed by atoms with Crippen LogP contribution in [0.25, 0.3) is 5.57 Å². The number of ether oxygens (including phenoxy) is 2. The lowest BCUT2D eigenvalue weighted by molar-refractivity contribution is -0.153. The number of esters is 1. The lowest BCUT2D eigenvalue weighted by Crippen LogP contribution is -2.70. The summed E-state index contributed by atoms with van der Waals surface area (Å²) in [5.74, 6) is -0.612. The first kappa shape index (κ1) is 30.5. The maximum absolute atomic E-state index is 14.3. The van der Waals surface area contributed by atoms with Crippen molar-refractivity contribution in [3.8, 4) is 0 Å². The first-order valence-electron chi connectivity index (χ1n) is 14.5. The SMILES string of the molecule is CC(C)(C)OC(=O)NC1C(=O)N2C(C(=O)OC(c3ccccc3)c3ccccc3)=C(c3cnc(Cc4cccnc4)s3)CSC12. The van der Waals surface area contributed by atoms with Gasteiger partial charge in [0.2, 0.25) is 0 Å². The second-order valence-corrected chi connectivity index (χ2v) is 13.8. The van der Waals surface area contributed by atoms with Gasteiger partial charge in [0, 0.05) is 36.3 Å². The fraction of sp³-hybridized carbons (Fsp3) is 0.265. The highest BCUT2D eigenvalue weighted by Gasteiger charge is 2.55. The second kappa shape index (κ2) is 12.9. The number of amides is 2. The van der Waals surface area contributed by atoms with Gasteiger partial charge in [0.05, 0.1) is 9.88 Å². The van der Waals surface area contributed by atoms with Gasteiger partial charge < -0.3 is 14.8 Å². The normalized spacial score (nSPS) is 17.9. The number of rotatable bonds is 8.